The van der Waals surface area contributed by atoms with Crippen molar-refractivity contribution in [3.05, 3.63) is 11.3 Å². The lowest BCUT2D eigenvalue weighted by Crippen LogP contribution is -2.80. The summed E-state index contributed by atoms with van der Waals surface area (Å²) in [5.74, 6) is -2.52. The number of amides is 2. The van der Waals surface area contributed by atoms with Crippen LogP contribution in [-0.2, 0) is 28.7 Å². The van der Waals surface area contributed by atoms with Crippen molar-refractivity contribution in [3.8, 4) is 0 Å². The number of aliphatic carboxylic acids is 1. The third kappa shape index (κ3) is 3.48. The number of carboxylic acid groups (broad SMARTS) is 1. The molecular weight excluding hydrogens is 372 g/mol. The zero-order valence-electron chi connectivity index (χ0n) is 13.9. The number of nitrogens with one attached hydrogen (secondary N) is 1. The van der Waals surface area contributed by atoms with Gasteiger partial charge >= 0.3 is 11.9 Å². The summed E-state index contributed by atoms with van der Waals surface area (Å²) in [7, 11) is 1.29. The molecule has 138 valence electrons. The molecule has 0 aromatic heterocycles. The van der Waals surface area contributed by atoms with E-state index in [0.29, 0.717) is 5.57 Å². The predicted molar refractivity (Wildman–Crippen MR) is 90.7 cm³/mol. The number of esters is 1. The Bertz CT molecular complexity index is 651. The molecule has 2 rings (SSSR count). The molecule has 2 aliphatic rings. The van der Waals surface area contributed by atoms with Crippen molar-refractivity contribution in [1.29, 1.82) is 0 Å². The van der Waals surface area contributed by atoms with Crippen LogP contribution in [0.2, 0.25) is 0 Å². The first-order valence-corrected chi connectivity index (χ1v) is 9.61. The Morgan fingerprint density at radius 3 is 2.68 bits per heavy atom. The lowest BCUT2D eigenvalue weighted by atomic mass is 9.98. The van der Waals surface area contributed by atoms with Crippen molar-refractivity contribution >= 4 is 47.3 Å². The van der Waals surface area contributed by atoms with E-state index in [0.717, 1.165) is 4.90 Å². The first-order valence-electron chi connectivity index (χ1n) is 7.17. The van der Waals surface area contributed by atoms with E-state index in [1.165, 1.54) is 37.6 Å². The number of nitrogens with zero attached hydrogens (tertiary/aromatic N) is 1. The fraction of sp³-hybridized carbons (Fsp3) is 0.571. The number of ether oxygens (including phenoxy) is 2. The second-order valence-corrected chi connectivity index (χ2v) is 7.23. The molecule has 0 aromatic carbocycles. The summed E-state index contributed by atoms with van der Waals surface area (Å²) >= 11 is 2.53. The van der Waals surface area contributed by atoms with Crippen LogP contribution in [0, 0.1) is 0 Å². The van der Waals surface area contributed by atoms with Gasteiger partial charge in [0.15, 0.2) is 0 Å². The highest BCUT2D eigenvalue weighted by atomic mass is 32.2. The molecular formula is C14H18N2O7S2. The molecule has 11 heteroatoms. The number of thioether (sulfide) groups is 2. The maximum atomic E-state index is 12.6. The molecule has 0 spiro atoms. The molecule has 2 heterocycles. The average molecular weight is 390 g/mol. The van der Waals surface area contributed by atoms with Crippen LogP contribution in [0.25, 0.3) is 0 Å². The zero-order valence-corrected chi connectivity index (χ0v) is 15.5. The number of fused-ring (bicyclic) bond motifs is 1. The van der Waals surface area contributed by atoms with Gasteiger partial charge in [-0.2, -0.15) is 11.8 Å². The minimum atomic E-state index is -1.59. The van der Waals surface area contributed by atoms with Gasteiger partial charge in [0.1, 0.15) is 17.7 Å². The molecule has 0 aromatic rings. The zero-order chi connectivity index (χ0) is 18.8. The fourth-order valence-corrected chi connectivity index (χ4v) is 4.37. The van der Waals surface area contributed by atoms with Gasteiger partial charge in [-0.15, -0.1) is 11.8 Å². The highest BCUT2D eigenvalue weighted by Gasteiger charge is 2.66. The Kier molecular flexibility index (Phi) is 6.01. The summed E-state index contributed by atoms with van der Waals surface area (Å²) in [5, 5.41) is 11.3. The van der Waals surface area contributed by atoms with Crippen molar-refractivity contribution in [1.82, 2.24) is 10.2 Å². The quantitative estimate of drug-likeness (QED) is 0.340. The van der Waals surface area contributed by atoms with Gasteiger partial charge < -0.3 is 19.9 Å². The fourth-order valence-electron chi connectivity index (χ4n) is 2.62. The van der Waals surface area contributed by atoms with Crippen LogP contribution >= 0.6 is 23.5 Å². The molecule has 0 saturated carbocycles. The highest BCUT2D eigenvalue weighted by Crippen LogP contribution is 2.46. The molecule has 9 nitrogen and oxygen atoms in total. The number of hydrogen-bond donors (Lipinski definition) is 2. The molecule has 1 fully saturated rings. The van der Waals surface area contributed by atoms with Crippen LogP contribution in [0.5, 0.6) is 0 Å². The van der Waals surface area contributed by atoms with Crippen molar-refractivity contribution in [2.45, 2.75) is 18.0 Å². The van der Waals surface area contributed by atoms with Gasteiger partial charge in [-0.05, 0) is 6.26 Å². The highest BCUT2D eigenvalue weighted by molar-refractivity contribution is 8.00. The SMILES string of the molecule is CO[C@@]1(NC(=O)CSC)C(=O)N2C(C(=O)O)=C(COC(C)=O)CS[C@H]21. The summed E-state index contributed by atoms with van der Waals surface area (Å²) in [6.45, 7) is 1.01. The third-order valence-electron chi connectivity index (χ3n) is 3.68. The lowest BCUT2D eigenvalue weighted by Gasteiger charge is -2.55. The third-order valence-corrected chi connectivity index (χ3v) is 5.61. The monoisotopic (exact) mass is 390 g/mol. The van der Waals surface area contributed by atoms with Gasteiger partial charge in [0.05, 0.1) is 5.75 Å². The molecule has 25 heavy (non-hydrogen) atoms. The first kappa shape index (κ1) is 19.6. The van der Waals surface area contributed by atoms with E-state index in [-0.39, 0.29) is 29.7 Å². The van der Waals surface area contributed by atoms with Crippen LogP contribution in [-0.4, -0.2) is 76.3 Å². The van der Waals surface area contributed by atoms with Crippen LogP contribution in [0.4, 0.5) is 0 Å². The molecule has 0 bridgehead atoms. The minimum absolute atomic E-state index is 0.148. The number of carbonyl (C=O) groups is 4. The molecule has 2 atom stereocenters. The van der Waals surface area contributed by atoms with Gasteiger partial charge in [-0.3, -0.25) is 19.3 Å². The standard InChI is InChI=1S/C14H18N2O7S2/c1-7(17)23-4-8-5-25-13-14(22-2,15-9(18)6-24-3)12(21)16(13)10(8)11(19)20/h13H,4-6H2,1-3H3,(H,15,18)(H,19,20)/t13-,14-/m0/s1. The van der Waals surface area contributed by atoms with Gasteiger partial charge in [-0.1, -0.05) is 0 Å². The summed E-state index contributed by atoms with van der Waals surface area (Å²) < 4.78 is 10.1. The number of rotatable bonds is 7. The summed E-state index contributed by atoms with van der Waals surface area (Å²) in [6.07, 6.45) is 1.75. The Hall–Kier alpha value is -1.72. The van der Waals surface area contributed by atoms with E-state index in [2.05, 4.69) is 5.32 Å². The maximum absolute atomic E-state index is 12.6. The van der Waals surface area contributed by atoms with E-state index in [1.54, 1.807) is 6.26 Å². The number of β-lactam (4-membered cyclic amide) rings is 1. The van der Waals surface area contributed by atoms with Crippen molar-refractivity contribution in [3.63, 3.8) is 0 Å². The van der Waals surface area contributed by atoms with Gasteiger partial charge in [0, 0.05) is 25.4 Å². The van der Waals surface area contributed by atoms with Crippen LogP contribution in [0.3, 0.4) is 0 Å². The lowest BCUT2D eigenvalue weighted by molar-refractivity contribution is -0.192. The Morgan fingerprint density at radius 2 is 2.16 bits per heavy atom. The van der Waals surface area contributed by atoms with E-state index in [1.807, 2.05) is 0 Å². The predicted octanol–water partition coefficient (Wildman–Crippen LogP) is -0.375. The van der Waals surface area contributed by atoms with Gasteiger partial charge in [-0.25, -0.2) is 4.79 Å². The molecule has 0 unspecified atom stereocenters. The Morgan fingerprint density at radius 1 is 1.48 bits per heavy atom. The van der Waals surface area contributed by atoms with E-state index >= 15 is 0 Å². The number of carbonyl (C=O) groups excluding carboxylic acids is 3. The van der Waals surface area contributed by atoms with E-state index < -0.39 is 28.9 Å². The second-order valence-electron chi connectivity index (χ2n) is 5.30. The largest absolute Gasteiger partial charge is 0.477 e. The van der Waals surface area contributed by atoms with Gasteiger partial charge in [0.25, 0.3) is 11.6 Å². The van der Waals surface area contributed by atoms with Crippen molar-refractivity contribution < 1.29 is 33.8 Å². The molecule has 0 radical (unpaired) electrons. The summed E-state index contributed by atoms with van der Waals surface area (Å²) in [6, 6.07) is 0. The molecule has 2 N–H and O–H groups in total. The van der Waals surface area contributed by atoms with Crippen LogP contribution < -0.4 is 5.32 Å². The van der Waals surface area contributed by atoms with Crippen LogP contribution in [0.15, 0.2) is 11.3 Å². The topological polar surface area (TPSA) is 122 Å². The smallest absolute Gasteiger partial charge is 0.352 e. The number of methoxy groups -OCH3 is 1. The Labute approximate surface area is 152 Å². The maximum Gasteiger partial charge on any atom is 0.352 e. The van der Waals surface area contributed by atoms with Crippen molar-refractivity contribution in [2.24, 2.45) is 0 Å². The Balaban J connectivity index is 2.29. The number of carboxylic acids is 1. The van der Waals surface area contributed by atoms with E-state index in [9.17, 15) is 24.3 Å². The number of hydrogen-bond acceptors (Lipinski definition) is 8. The van der Waals surface area contributed by atoms with Crippen LogP contribution in [0.1, 0.15) is 6.92 Å². The second kappa shape index (κ2) is 7.67. The normalized spacial score (nSPS) is 25.2. The molecule has 0 aliphatic carbocycles. The summed E-state index contributed by atoms with van der Waals surface area (Å²) in [4.78, 5) is 48.2. The minimum Gasteiger partial charge on any atom is -0.477 e. The van der Waals surface area contributed by atoms with E-state index in [4.69, 9.17) is 9.47 Å². The molecule has 1 saturated heterocycles. The molecule has 2 amide bonds. The molecule has 2 aliphatic heterocycles. The van der Waals surface area contributed by atoms with Gasteiger partial charge in [0.2, 0.25) is 5.91 Å². The van der Waals surface area contributed by atoms with Crippen molar-refractivity contribution in [2.75, 3.05) is 31.5 Å². The average Bonchev–Trinajstić information content (AvgIpc) is 2.56. The summed E-state index contributed by atoms with van der Waals surface area (Å²) in [5.41, 5.74) is -1.51. The first-order chi connectivity index (χ1) is 11.8.